The molecule has 34 heavy (non-hydrogen) atoms. The quantitative estimate of drug-likeness (QED) is 0.371. The summed E-state index contributed by atoms with van der Waals surface area (Å²) >= 11 is 1.59. The van der Waals surface area contributed by atoms with E-state index >= 15 is 0 Å². The summed E-state index contributed by atoms with van der Waals surface area (Å²) in [6.07, 6.45) is 6.56. The molecule has 3 aromatic rings. The van der Waals surface area contributed by atoms with E-state index < -0.39 is 10.0 Å². The Balaban J connectivity index is 1.49. The summed E-state index contributed by atoms with van der Waals surface area (Å²) in [7, 11) is -3.54. The van der Waals surface area contributed by atoms with Crippen LogP contribution in [-0.4, -0.2) is 35.4 Å². The molecule has 1 aliphatic carbocycles. The molecule has 1 aliphatic heterocycles. The third-order valence-electron chi connectivity index (χ3n) is 7.18. The number of fused-ring (bicyclic) bond motifs is 1. The molecule has 0 radical (unpaired) electrons. The Morgan fingerprint density at radius 3 is 2.62 bits per heavy atom. The standard InChI is InChI=1S/C26H32FN3O2S2/c1-18-6-5-13-29(16-18)34(31,32)22-11-12-25-24(15-22)28-26(30(25)21-7-3-4-8-21)33-17-20-10-9-19(2)23(27)14-20/h9-12,14-15,18,21H,3-8,13,16-17H2,1-2H3. The molecule has 5 nitrogen and oxygen atoms in total. The number of imidazole rings is 1. The maximum absolute atomic E-state index is 14.0. The summed E-state index contributed by atoms with van der Waals surface area (Å²) < 4.78 is 44.6. The van der Waals surface area contributed by atoms with Gasteiger partial charge in [-0.3, -0.25) is 0 Å². The zero-order valence-electron chi connectivity index (χ0n) is 19.8. The highest BCUT2D eigenvalue weighted by atomic mass is 32.2. The minimum absolute atomic E-state index is 0.190. The fraction of sp³-hybridized carbons (Fsp3) is 0.500. The Labute approximate surface area is 205 Å². The Morgan fingerprint density at radius 1 is 1.09 bits per heavy atom. The number of aryl methyl sites for hydroxylation is 1. The molecule has 0 spiro atoms. The highest BCUT2D eigenvalue weighted by molar-refractivity contribution is 7.98. The fourth-order valence-electron chi connectivity index (χ4n) is 5.22. The number of benzene rings is 2. The largest absolute Gasteiger partial charge is 0.316 e. The van der Waals surface area contributed by atoms with Crippen molar-refractivity contribution in [2.24, 2.45) is 5.92 Å². The first-order chi connectivity index (χ1) is 16.3. The van der Waals surface area contributed by atoms with Gasteiger partial charge < -0.3 is 4.57 Å². The number of rotatable bonds is 6. The van der Waals surface area contributed by atoms with E-state index in [0.29, 0.717) is 41.3 Å². The molecule has 2 heterocycles. The molecule has 8 heteroatoms. The molecule has 2 fully saturated rings. The predicted octanol–water partition coefficient (Wildman–Crippen LogP) is 6.31. The molecule has 1 saturated carbocycles. The van der Waals surface area contributed by atoms with Gasteiger partial charge in [0.05, 0.1) is 15.9 Å². The molecular formula is C26H32FN3O2S2. The van der Waals surface area contributed by atoms with Gasteiger partial charge in [-0.2, -0.15) is 4.31 Å². The van der Waals surface area contributed by atoms with Gasteiger partial charge in [0.1, 0.15) is 5.82 Å². The highest BCUT2D eigenvalue weighted by Gasteiger charge is 2.30. The van der Waals surface area contributed by atoms with Crippen molar-refractivity contribution in [3.63, 3.8) is 0 Å². The second kappa shape index (κ2) is 9.63. The lowest BCUT2D eigenvalue weighted by Gasteiger charge is -2.30. The SMILES string of the molecule is Cc1ccc(CSc2nc3cc(S(=O)(=O)N4CCCC(C)C4)ccc3n2C2CCCC2)cc1F. The highest BCUT2D eigenvalue weighted by Crippen LogP contribution is 2.38. The second-order valence-corrected chi connectivity index (χ2v) is 12.7. The van der Waals surface area contributed by atoms with E-state index in [-0.39, 0.29) is 5.82 Å². The van der Waals surface area contributed by atoms with E-state index in [9.17, 15) is 12.8 Å². The van der Waals surface area contributed by atoms with Gasteiger partial charge in [-0.05, 0) is 73.9 Å². The van der Waals surface area contributed by atoms with Gasteiger partial charge in [0.2, 0.25) is 10.0 Å². The van der Waals surface area contributed by atoms with Crippen molar-refractivity contribution < 1.29 is 12.8 Å². The molecule has 182 valence electrons. The van der Waals surface area contributed by atoms with Crippen LogP contribution in [0.2, 0.25) is 0 Å². The lowest BCUT2D eigenvalue weighted by atomic mass is 10.0. The van der Waals surface area contributed by atoms with Gasteiger partial charge in [-0.1, -0.05) is 43.7 Å². The van der Waals surface area contributed by atoms with Crippen molar-refractivity contribution in [3.05, 3.63) is 53.3 Å². The number of nitrogens with zero attached hydrogens (tertiary/aromatic N) is 3. The first kappa shape index (κ1) is 23.8. The van der Waals surface area contributed by atoms with E-state index in [1.54, 1.807) is 41.2 Å². The normalized spacial score (nSPS) is 20.4. The average Bonchev–Trinajstić information content (AvgIpc) is 3.46. The smallest absolute Gasteiger partial charge is 0.243 e. The van der Waals surface area contributed by atoms with Crippen LogP contribution in [0.15, 0.2) is 46.5 Å². The van der Waals surface area contributed by atoms with Crippen LogP contribution >= 0.6 is 11.8 Å². The number of thioether (sulfide) groups is 1. The van der Waals surface area contributed by atoms with Gasteiger partial charge in [-0.15, -0.1) is 0 Å². The summed E-state index contributed by atoms with van der Waals surface area (Å²) in [5, 5.41) is 0.879. The second-order valence-electron chi connectivity index (χ2n) is 9.84. The van der Waals surface area contributed by atoms with Crippen LogP contribution in [0, 0.1) is 18.7 Å². The van der Waals surface area contributed by atoms with Crippen LogP contribution in [0.25, 0.3) is 11.0 Å². The van der Waals surface area contributed by atoms with Crippen LogP contribution in [-0.2, 0) is 15.8 Å². The summed E-state index contributed by atoms with van der Waals surface area (Å²) in [5.74, 6) is 0.803. The van der Waals surface area contributed by atoms with E-state index in [1.165, 1.54) is 12.8 Å². The van der Waals surface area contributed by atoms with Gasteiger partial charge in [0.15, 0.2) is 5.16 Å². The van der Waals surface area contributed by atoms with Crippen LogP contribution in [0.3, 0.4) is 0 Å². The number of halogens is 1. The van der Waals surface area contributed by atoms with Crippen molar-refractivity contribution in [2.45, 2.75) is 74.2 Å². The summed E-state index contributed by atoms with van der Waals surface area (Å²) in [6, 6.07) is 11.1. The monoisotopic (exact) mass is 501 g/mol. The molecule has 1 unspecified atom stereocenters. The van der Waals surface area contributed by atoms with Crippen LogP contribution < -0.4 is 0 Å². The summed E-state index contributed by atoms with van der Waals surface area (Å²) in [5.41, 5.74) is 3.26. The minimum Gasteiger partial charge on any atom is -0.316 e. The molecule has 0 bridgehead atoms. The molecule has 0 amide bonds. The molecule has 5 rings (SSSR count). The topological polar surface area (TPSA) is 55.2 Å². The molecule has 0 N–H and O–H groups in total. The van der Waals surface area contributed by atoms with E-state index in [4.69, 9.17) is 4.98 Å². The third kappa shape index (κ3) is 4.64. The van der Waals surface area contributed by atoms with Gasteiger partial charge >= 0.3 is 0 Å². The molecule has 2 aromatic carbocycles. The van der Waals surface area contributed by atoms with Crippen LogP contribution in [0.1, 0.15) is 62.6 Å². The number of piperidine rings is 1. The number of aromatic nitrogens is 2. The minimum atomic E-state index is -3.54. The average molecular weight is 502 g/mol. The Hall–Kier alpha value is -1.90. The molecular weight excluding hydrogens is 469 g/mol. The molecule has 2 aliphatic rings. The zero-order valence-corrected chi connectivity index (χ0v) is 21.5. The predicted molar refractivity (Wildman–Crippen MR) is 135 cm³/mol. The fourth-order valence-corrected chi connectivity index (χ4v) is 7.87. The molecule has 1 aromatic heterocycles. The number of hydrogen-bond donors (Lipinski definition) is 0. The maximum Gasteiger partial charge on any atom is 0.243 e. The Bertz CT molecular complexity index is 1300. The van der Waals surface area contributed by atoms with Crippen molar-refractivity contribution in [1.82, 2.24) is 13.9 Å². The first-order valence-electron chi connectivity index (χ1n) is 12.2. The van der Waals surface area contributed by atoms with Gasteiger partial charge in [0.25, 0.3) is 0 Å². The summed E-state index contributed by atoms with van der Waals surface area (Å²) in [4.78, 5) is 5.22. The van der Waals surface area contributed by atoms with E-state index in [2.05, 4.69) is 11.5 Å². The number of sulfonamides is 1. The first-order valence-corrected chi connectivity index (χ1v) is 14.7. The van der Waals surface area contributed by atoms with Crippen molar-refractivity contribution in [3.8, 4) is 0 Å². The lowest BCUT2D eigenvalue weighted by molar-refractivity contribution is 0.281. The zero-order chi connectivity index (χ0) is 23.9. The Kier molecular flexibility index (Phi) is 6.75. The lowest BCUT2D eigenvalue weighted by Crippen LogP contribution is -2.39. The van der Waals surface area contributed by atoms with E-state index in [1.807, 2.05) is 18.2 Å². The van der Waals surface area contributed by atoms with Gasteiger partial charge in [-0.25, -0.2) is 17.8 Å². The Morgan fingerprint density at radius 2 is 1.88 bits per heavy atom. The van der Waals surface area contributed by atoms with Crippen molar-refractivity contribution in [2.75, 3.05) is 13.1 Å². The van der Waals surface area contributed by atoms with Crippen LogP contribution in [0.5, 0.6) is 0 Å². The maximum atomic E-state index is 14.0. The van der Waals surface area contributed by atoms with E-state index in [0.717, 1.165) is 47.4 Å². The summed E-state index contributed by atoms with van der Waals surface area (Å²) in [6.45, 7) is 5.03. The number of hydrogen-bond acceptors (Lipinski definition) is 4. The third-order valence-corrected chi connectivity index (χ3v) is 10.1. The van der Waals surface area contributed by atoms with Crippen molar-refractivity contribution in [1.29, 1.82) is 0 Å². The molecule has 1 atom stereocenters. The van der Waals surface area contributed by atoms with Crippen molar-refractivity contribution >= 4 is 32.8 Å². The molecule has 1 saturated heterocycles. The van der Waals surface area contributed by atoms with Gasteiger partial charge in [0, 0.05) is 24.9 Å². The van der Waals surface area contributed by atoms with Crippen LogP contribution in [0.4, 0.5) is 4.39 Å².